The molecule has 1 aromatic carbocycles. The quantitative estimate of drug-likeness (QED) is 0.783. The molecular formula is C16H20N4O2S. The van der Waals surface area contributed by atoms with Crippen molar-refractivity contribution < 1.29 is 9.35 Å². The van der Waals surface area contributed by atoms with Gasteiger partial charge in [-0.15, -0.1) is 0 Å². The molecule has 1 aromatic heterocycles. The van der Waals surface area contributed by atoms with E-state index in [4.69, 9.17) is 5.73 Å². The van der Waals surface area contributed by atoms with Crippen LogP contribution in [0.15, 0.2) is 47.8 Å². The van der Waals surface area contributed by atoms with Crippen LogP contribution >= 0.6 is 0 Å². The highest BCUT2D eigenvalue weighted by molar-refractivity contribution is 7.90. The Morgan fingerprint density at radius 2 is 2.17 bits per heavy atom. The Bertz CT molecular complexity index is 652. The van der Waals surface area contributed by atoms with Crippen molar-refractivity contribution in [2.45, 2.75) is 31.2 Å². The highest BCUT2D eigenvalue weighted by Crippen LogP contribution is 2.20. The van der Waals surface area contributed by atoms with Crippen LogP contribution in [-0.4, -0.2) is 26.5 Å². The van der Waals surface area contributed by atoms with E-state index in [-0.39, 0.29) is 0 Å². The molecule has 6 nitrogen and oxygen atoms in total. The van der Waals surface area contributed by atoms with Gasteiger partial charge >= 0.3 is 0 Å². The summed E-state index contributed by atoms with van der Waals surface area (Å²) in [6.45, 7) is 3.96. The van der Waals surface area contributed by atoms with Crippen LogP contribution in [-0.2, 0) is 16.2 Å². The third-order valence-electron chi connectivity index (χ3n) is 3.18. The minimum Gasteiger partial charge on any atom is -0.588 e. The minimum absolute atomic E-state index is 0.297. The Morgan fingerprint density at radius 1 is 1.39 bits per heavy atom. The summed E-state index contributed by atoms with van der Waals surface area (Å²) in [7, 11) is 0. The van der Waals surface area contributed by atoms with Gasteiger partial charge < -0.3 is 10.3 Å². The van der Waals surface area contributed by atoms with Crippen molar-refractivity contribution in [3.05, 3.63) is 42.9 Å². The van der Waals surface area contributed by atoms with E-state index < -0.39 is 23.3 Å². The molecule has 0 aliphatic heterocycles. The van der Waals surface area contributed by atoms with Crippen LogP contribution in [0.5, 0.6) is 0 Å². The number of amides is 1. The summed E-state index contributed by atoms with van der Waals surface area (Å²) in [5, 5.41) is 0. The third kappa shape index (κ3) is 5.02. The van der Waals surface area contributed by atoms with E-state index in [9.17, 15) is 9.35 Å². The molecule has 2 rings (SSSR count). The third-order valence-corrected chi connectivity index (χ3v) is 4.25. The second-order valence-electron chi connectivity index (χ2n) is 5.59. The minimum atomic E-state index is -1.66. The Morgan fingerprint density at radius 3 is 2.83 bits per heavy atom. The van der Waals surface area contributed by atoms with Gasteiger partial charge in [-0.2, -0.15) is 4.72 Å². The van der Waals surface area contributed by atoms with E-state index >= 15 is 0 Å². The van der Waals surface area contributed by atoms with Crippen LogP contribution < -0.4 is 10.5 Å². The fraction of sp³-hybridized carbons (Fsp3) is 0.312. The topological polar surface area (TPSA) is 104 Å². The highest BCUT2D eigenvalue weighted by Gasteiger charge is 2.22. The molecule has 0 aliphatic rings. The maximum atomic E-state index is 12.3. The first kappa shape index (κ1) is 17.4. The Kier molecular flexibility index (Phi) is 6.09. The Labute approximate surface area is 138 Å². The lowest BCUT2D eigenvalue weighted by Crippen LogP contribution is -2.43. The fourth-order valence-corrected chi connectivity index (χ4v) is 2.96. The number of hydrogen-bond acceptors (Lipinski definition) is 5. The van der Waals surface area contributed by atoms with Crippen molar-refractivity contribution in [3.63, 3.8) is 0 Å². The second-order valence-corrected chi connectivity index (χ2v) is 6.81. The molecule has 0 aliphatic carbocycles. The van der Waals surface area contributed by atoms with Gasteiger partial charge in [-0.25, -0.2) is 9.97 Å². The number of aromatic nitrogens is 2. The zero-order valence-electron chi connectivity index (χ0n) is 13.1. The lowest BCUT2D eigenvalue weighted by atomic mass is 10.0. The molecule has 0 fully saturated rings. The van der Waals surface area contributed by atoms with Crippen molar-refractivity contribution in [3.8, 4) is 11.3 Å². The molecule has 0 radical (unpaired) electrons. The predicted molar refractivity (Wildman–Crippen MR) is 89.4 cm³/mol. The molecule has 3 N–H and O–H groups in total. The van der Waals surface area contributed by atoms with Crippen LogP contribution in [0.1, 0.15) is 20.3 Å². The average molecular weight is 332 g/mol. The zero-order valence-corrected chi connectivity index (χ0v) is 13.9. The second kappa shape index (κ2) is 8.05. The number of nitrogens with two attached hydrogens (primary N) is 1. The molecule has 122 valence electrons. The zero-order chi connectivity index (χ0) is 16.8. The summed E-state index contributed by atoms with van der Waals surface area (Å²) < 4.78 is 14.8. The summed E-state index contributed by atoms with van der Waals surface area (Å²) in [6.07, 6.45) is 3.63. The van der Waals surface area contributed by atoms with Crippen molar-refractivity contribution >= 4 is 17.3 Å². The number of hydrogen-bond donors (Lipinski definition) is 2. The average Bonchev–Trinajstić information content (AvgIpc) is 2.55. The highest BCUT2D eigenvalue weighted by atomic mass is 32.2. The molecule has 0 bridgehead atoms. The first-order valence-corrected chi connectivity index (χ1v) is 8.46. The largest absolute Gasteiger partial charge is 0.588 e. The number of carbonyl (C=O) groups is 1. The molecule has 2 atom stereocenters. The Hall–Kier alpha value is -1.96. The van der Waals surface area contributed by atoms with E-state index in [1.165, 1.54) is 6.33 Å². The molecule has 0 saturated carbocycles. The smallest absolute Gasteiger partial charge is 0.278 e. The molecule has 23 heavy (non-hydrogen) atoms. The van der Waals surface area contributed by atoms with Gasteiger partial charge in [-0.3, -0.25) is 4.79 Å². The van der Waals surface area contributed by atoms with Crippen molar-refractivity contribution in [2.24, 2.45) is 11.7 Å². The van der Waals surface area contributed by atoms with Gasteiger partial charge in [0.1, 0.15) is 17.7 Å². The van der Waals surface area contributed by atoms with Gasteiger partial charge in [-0.1, -0.05) is 26.0 Å². The Balaban J connectivity index is 2.08. The molecule has 1 amide bonds. The molecule has 7 heteroatoms. The first-order valence-electron chi connectivity index (χ1n) is 7.31. The van der Waals surface area contributed by atoms with Gasteiger partial charge in [0, 0.05) is 17.8 Å². The van der Waals surface area contributed by atoms with Crippen LogP contribution in [0.4, 0.5) is 0 Å². The van der Waals surface area contributed by atoms with E-state index in [1.54, 1.807) is 30.5 Å². The first-order chi connectivity index (χ1) is 11.0. The maximum Gasteiger partial charge on any atom is 0.278 e. The number of nitrogens with zero attached hydrogens (tertiary/aromatic N) is 2. The lowest BCUT2D eigenvalue weighted by Gasteiger charge is -2.16. The maximum absolute atomic E-state index is 12.3. The van der Waals surface area contributed by atoms with Crippen LogP contribution in [0, 0.1) is 5.92 Å². The molecular weight excluding hydrogens is 312 g/mol. The van der Waals surface area contributed by atoms with Gasteiger partial charge in [0.15, 0.2) is 4.90 Å². The lowest BCUT2D eigenvalue weighted by molar-refractivity contribution is -0.120. The summed E-state index contributed by atoms with van der Waals surface area (Å²) in [4.78, 5) is 20.5. The van der Waals surface area contributed by atoms with E-state index in [1.807, 2.05) is 19.9 Å². The van der Waals surface area contributed by atoms with E-state index in [2.05, 4.69) is 14.7 Å². The molecule has 0 saturated heterocycles. The van der Waals surface area contributed by atoms with Crippen molar-refractivity contribution in [1.29, 1.82) is 0 Å². The van der Waals surface area contributed by atoms with Crippen molar-refractivity contribution in [2.75, 3.05) is 0 Å². The van der Waals surface area contributed by atoms with Gasteiger partial charge in [0.05, 0.1) is 11.7 Å². The van der Waals surface area contributed by atoms with E-state index in [0.29, 0.717) is 17.2 Å². The van der Waals surface area contributed by atoms with Gasteiger partial charge in [0.25, 0.3) is 5.91 Å². The number of rotatable bonds is 6. The summed E-state index contributed by atoms with van der Waals surface area (Å²) >= 11 is -1.66. The SMILES string of the molecule is CC(C)CC(N)C(=O)N[S+]([O-])c1cccc(-c2ccncn2)c1. The standard InChI is InChI=1S/C16H20N4O2S/c1-11(2)8-14(17)16(21)20-23(22)13-5-3-4-12(9-13)15-6-7-18-10-19-15/h3-7,9-11,14H,8,17H2,1-2H3,(H,20,21). The fourth-order valence-electron chi connectivity index (χ4n) is 2.07. The van der Waals surface area contributed by atoms with Crippen LogP contribution in [0.2, 0.25) is 0 Å². The van der Waals surface area contributed by atoms with Gasteiger partial charge in [-0.05, 0) is 24.5 Å². The number of benzene rings is 1. The molecule has 1 heterocycles. The number of nitrogens with one attached hydrogen (secondary N) is 1. The van der Waals surface area contributed by atoms with Crippen LogP contribution in [0.3, 0.4) is 0 Å². The molecule has 0 spiro atoms. The molecule has 2 aromatic rings. The summed E-state index contributed by atoms with van der Waals surface area (Å²) in [5.41, 5.74) is 7.33. The van der Waals surface area contributed by atoms with Crippen molar-refractivity contribution in [1.82, 2.24) is 14.7 Å². The predicted octanol–water partition coefficient (Wildman–Crippen LogP) is 1.66. The summed E-state index contributed by atoms with van der Waals surface area (Å²) in [6, 6.07) is 8.14. The normalized spacial score (nSPS) is 13.6. The summed E-state index contributed by atoms with van der Waals surface area (Å²) in [5.74, 6) is -0.116. The van der Waals surface area contributed by atoms with Gasteiger partial charge in [0.2, 0.25) is 0 Å². The number of carbonyl (C=O) groups excluding carboxylic acids is 1. The monoisotopic (exact) mass is 332 g/mol. The van der Waals surface area contributed by atoms with E-state index in [0.717, 1.165) is 11.3 Å². The molecule has 2 unspecified atom stereocenters. The van der Waals surface area contributed by atoms with Crippen LogP contribution in [0.25, 0.3) is 11.3 Å².